The van der Waals surface area contributed by atoms with Gasteiger partial charge >= 0.3 is 0 Å². The Morgan fingerprint density at radius 3 is 1.29 bits per heavy atom. The van der Waals surface area contributed by atoms with Gasteiger partial charge in [0, 0.05) is 5.41 Å². The number of phenols is 4. The predicted molar refractivity (Wildman–Crippen MR) is 154 cm³/mol. The fourth-order valence-corrected chi connectivity index (χ4v) is 5.52. The van der Waals surface area contributed by atoms with Crippen molar-refractivity contribution in [3.05, 3.63) is 117 Å². The molecule has 38 heavy (non-hydrogen) atoms. The first-order valence-electron chi connectivity index (χ1n) is 13.2. The molecule has 0 aliphatic rings. The molecular formula is C34H38O4. The number of benzene rings is 4. The van der Waals surface area contributed by atoms with Crippen LogP contribution in [0, 0.1) is 34.6 Å². The molecule has 0 aromatic heterocycles. The van der Waals surface area contributed by atoms with E-state index in [1.165, 1.54) is 0 Å². The van der Waals surface area contributed by atoms with Crippen LogP contribution < -0.4 is 0 Å². The lowest BCUT2D eigenvalue weighted by molar-refractivity contribution is 0.428. The van der Waals surface area contributed by atoms with E-state index < -0.39 is 5.41 Å². The highest BCUT2D eigenvalue weighted by molar-refractivity contribution is 5.51. The summed E-state index contributed by atoms with van der Waals surface area (Å²) < 4.78 is 0. The molecule has 198 valence electrons. The van der Waals surface area contributed by atoms with Gasteiger partial charge in [-0.2, -0.15) is 0 Å². The van der Waals surface area contributed by atoms with E-state index in [1.54, 1.807) is 18.2 Å². The van der Waals surface area contributed by atoms with Gasteiger partial charge in [0.1, 0.15) is 23.0 Å². The van der Waals surface area contributed by atoms with Gasteiger partial charge in [-0.1, -0.05) is 48.5 Å². The number of phenolic OH excluding ortho intramolecular Hbond substituents is 4. The maximum absolute atomic E-state index is 10.6. The fraction of sp³-hybridized carbons (Fsp3) is 0.294. The molecular weight excluding hydrogens is 472 g/mol. The van der Waals surface area contributed by atoms with Crippen LogP contribution in [-0.4, -0.2) is 20.4 Å². The summed E-state index contributed by atoms with van der Waals surface area (Å²) in [4.78, 5) is 0. The monoisotopic (exact) mass is 510 g/mol. The molecule has 0 saturated carbocycles. The standard InChI is InChI=1S/C34H38O4/c1-21-16-26(6-9-30(21)35)12-14-34(28-8-11-32(37)23(3)18-28,29-19-24(4)33(38)25(5)20-29)15-13-27-7-10-31(36)22(2)17-27/h6-11,16-20,35-38H,12-15H2,1-5H3. The number of aryl methyl sites for hydroxylation is 7. The highest BCUT2D eigenvalue weighted by Gasteiger charge is 2.35. The molecule has 0 atom stereocenters. The van der Waals surface area contributed by atoms with E-state index in [2.05, 4.69) is 18.2 Å². The SMILES string of the molecule is Cc1cc(CCC(CCc2ccc(O)c(C)c2)(c2ccc(O)c(C)c2)c2cc(C)c(O)c(C)c2)ccc1O. The molecule has 0 aliphatic heterocycles. The number of hydrogen-bond acceptors (Lipinski definition) is 4. The number of rotatable bonds is 8. The van der Waals surface area contributed by atoms with Crippen molar-refractivity contribution < 1.29 is 20.4 Å². The molecule has 0 heterocycles. The van der Waals surface area contributed by atoms with E-state index >= 15 is 0 Å². The summed E-state index contributed by atoms with van der Waals surface area (Å²) in [5, 5.41) is 41.1. The van der Waals surface area contributed by atoms with E-state index in [4.69, 9.17) is 0 Å². The van der Waals surface area contributed by atoms with Crippen LogP contribution in [0.3, 0.4) is 0 Å². The van der Waals surface area contributed by atoms with Gasteiger partial charge in [0.05, 0.1) is 0 Å². The lowest BCUT2D eigenvalue weighted by Crippen LogP contribution is -2.30. The molecule has 0 bridgehead atoms. The lowest BCUT2D eigenvalue weighted by Gasteiger charge is -2.37. The minimum Gasteiger partial charge on any atom is -0.508 e. The van der Waals surface area contributed by atoms with Gasteiger partial charge < -0.3 is 20.4 Å². The van der Waals surface area contributed by atoms with Gasteiger partial charge in [-0.15, -0.1) is 0 Å². The highest BCUT2D eigenvalue weighted by Crippen LogP contribution is 2.44. The van der Waals surface area contributed by atoms with Crippen molar-refractivity contribution in [2.45, 2.75) is 65.7 Å². The topological polar surface area (TPSA) is 80.9 Å². The summed E-state index contributed by atoms with van der Waals surface area (Å²) in [7, 11) is 0. The van der Waals surface area contributed by atoms with Crippen molar-refractivity contribution in [2.24, 2.45) is 0 Å². The van der Waals surface area contributed by atoms with Crippen molar-refractivity contribution in [3.63, 3.8) is 0 Å². The molecule has 0 fully saturated rings. The van der Waals surface area contributed by atoms with E-state index in [0.717, 1.165) is 75.8 Å². The van der Waals surface area contributed by atoms with E-state index in [9.17, 15) is 20.4 Å². The molecule has 4 N–H and O–H groups in total. The second-order valence-corrected chi connectivity index (χ2v) is 10.8. The molecule has 4 aromatic carbocycles. The van der Waals surface area contributed by atoms with Gasteiger partial charge in [-0.25, -0.2) is 0 Å². The van der Waals surface area contributed by atoms with Gasteiger partial charge in [0.2, 0.25) is 0 Å². The van der Waals surface area contributed by atoms with Gasteiger partial charge in [0.15, 0.2) is 0 Å². The molecule has 4 nitrogen and oxygen atoms in total. The minimum atomic E-state index is -0.417. The van der Waals surface area contributed by atoms with E-state index in [0.29, 0.717) is 17.2 Å². The summed E-state index contributed by atoms with van der Waals surface area (Å²) in [5.74, 6) is 1.17. The Kier molecular flexibility index (Phi) is 7.73. The lowest BCUT2D eigenvalue weighted by atomic mass is 9.66. The quantitative estimate of drug-likeness (QED) is 0.197. The molecule has 0 saturated heterocycles. The zero-order chi connectivity index (χ0) is 27.6. The van der Waals surface area contributed by atoms with Crippen molar-refractivity contribution >= 4 is 0 Å². The zero-order valence-corrected chi connectivity index (χ0v) is 23.0. The summed E-state index contributed by atoms with van der Waals surface area (Å²) in [5.41, 5.74) is 8.31. The Hall–Kier alpha value is -3.92. The average Bonchev–Trinajstić information content (AvgIpc) is 2.88. The third-order valence-corrected chi connectivity index (χ3v) is 8.00. The van der Waals surface area contributed by atoms with Crippen molar-refractivity contribution in [1.29, 1.82) is 0 Å². The summed E-state index contributed by atoms with van der Waals surface area (Å²) in [6.07, 6.45) is 3.16. The summed E-state index contributed by atoms with van der Waals surface area (Å²) >= 11 is 0. The Morgan fingerprint density at radius 1 is 0.474 bits per heavy atom. The maximum Gasteiger partial charge on any atom is 0.121 e. The largest absolute Gasteiger partial charge is 0.508 e. The highest BCUT2D eigenvalue weighted by atomic mass is 16.3. The van der Waals surface area contributed by atoms with Crippen LogP contribution in [0.5, 0.6) is 23.0 Å². The average molecular weight is 511 g/mol. The number of aromatic hydroxyl groups is 4. The van der Waals surface area contributed by atoms with E-state index in [-0.39, 0.29) is 5.75 Å². The maximum atomic E-state index is 10.6. The first kappa shape index (κ1) is 27.1. The Balaban J connectivity index is 1.88. The first-order chi connectivity index (χ1) is 18.0. The normalized spacial score (nSPS) is 11.6. The van der Waals surface area contributed by atoms with Crippen LogP contribution >= 0.6 is 0 Å². The number of hydrogen-bond donors (Lipinski definition) is 4. The van der Waals surface area contributed by atoms with Crippen LogP contribution in [0.4, 0.5) is 0 Å². The second kappa shape index (κ2) is 10.8. The van der Waals surface area contributed by atoms with Crippen molar-refractivity contribution in [1.82, 2.24) is 0 Å². The van der Waals surface area contributed by atoms with Gasteiger partial charge in [-0.05, 0) is 129 Å². The van der Waals surface area contributed by atoms with Gasteiger partial charge in [-0.3, -0.25) is 0 Å². The van der Waals surface area contributed by atoms with Gasteiger partial charge in [0.25, 0.3) is 0 Å². The van der Waals surface area contributed by atoms with Crippen molar-refractivity contribution in [2.75, 3.05) is 0 Å². The predicted octanol–water partition coefficient (Wildman–Crippen LogP) is 7.60. The minimum absolute atomic E-state index is 0.268. The second-order valence-electron chi connectivity index (χ2n) is 10.8. The molecule has 4 aromatic rings. The molecule has 0 unspecified atom stereocenters. The Bertz CT molecular complexity index is 1390. The smallest absolute Gasteiger partial charge is 0.121 e. The molecule has 4 heteroatoms. The molecule has 0 spiro atoms. The fourth-order valence-electron chi connectivity index (χ4n) is 5.52. The van der Waals surface area contributed by atoms with E-state index in [1.807, 2.05) is 65.0 Å². The van der Waals surface area contributed by atoms with Crippen LogP contribution in [-0.2, 0) is 18.3 Å². The van der Waals surface area contributed by atoms with Crippen molar-refractivity contribution in [3.8, 4) is 23.0 Å². The van der Waals surface area contributed by atoms with Crippen LogP contribution in [0.1, 0.15) is 62.9 Å². The Morgan fingerprint density at radius 2 is 0.868 bits per heavy atom. The van der Waals surface area contributed by atoms with Crippen LogP contribution in [0.15, 0.2) is 66.7 Å². The first-order valence-corrected chi connectivity index (χ1v) is 13.2. The molecule has 4 rings (SSSR count). The zero-order valence-electron chi connectivity index (χ0n) is 23.0. The summed E-state index contributed by atoms with van der Waals surface area (Å²) in [6, 6.07) is 21.6. The molecule has 0 amide bonds. The van der Waals surface area contributed by atoms with Crippen LogP contribution in [0.25, 0.3) is 0 Å². The third kappa shape index (κ3) is 5.50. The third-order valence-electron chi connectivity index (χ3n) is 8.00. The molecule has 0 aliphatic carbocycles. The summed E-state index contributed by atoms with van der Waals surface area (Å²) in [6.45, 7) is 9.62. The Labute approximate surface area is 225 Å². The molecule has 0 radical (unpaired) electrons. The van der Waals surface area contributed by atoms with Crippen LogP contribution in [0.2, 0.25) is 0 Å².